The molecule has 0 aliphatic carbocycles. The molecule has 11 nitrogen and oxygen atoms in total. The summed E-state index contributed by atoms with van der Waals surface area (Å²) < 4.78 is 1.90. The average molecular weight is 462 g/mol. The summed E-state index contributed by atoms with van der Waals surface area (Å²) in [6.07, 6.45) is 5.25. The lowest BCUT2D eigenvalue weighted by atomic mass is 10.1. The summed E-state index contributed by atoms with van der Waals surface area (Å²) >= 11 is 6.36. The van der Waals surface area contributed by atoms with Gasteiger partial charge in [0.1, 0.15) is 16.9 Å². The molecule has 0 atom stereocenters. The number of aromatic nitrogens is 7. The molecule has 0 aromatic carbocycles. The maximum atomic E-state index is 8.87. The minimum absolute atomic E-state index is 0.211. The summed E-state index contributed by atoms with van der Waals surface area (Å²) in [6.45, 7) is 3.52. The summed E-state index contributed by atoms with van der Waals surface area (Å²) in [7, 11) is 0. The number of nitrogens with one attached hydrogen (secondary N) is 2. The van der Waals surface area contributed by atoms with Crippen molar-refractivity contribution in [1.29, 1.82) is 5.26 Å². The number of piperidine rings is 1. The van der Waals surface area contributed by atoms with Crippen molar-refractivity contribution in [2.45, 2.75) is 25.8 Å². The Morgan fingerprint density at radius 2 is 1.97 bits per heavy atom. The number of nitriles is 1. The number of aryl methyl sites for hydroxylation is 1. The molecule has 12 heteroatoms. The smallest absolute Gasteiger partial charge is 0.229 e. The van der Waals surface area contributed by atoms with Gasteiger partial charge in [0.2, 0.25) is 5.95 Å². The van der Waals surface area contributed by atoms with Crippen LogP contribution >= 0.6 is 11.6 Å². The van der Waals surface area contributed by atoms with E-state index in [2.05, 4.69) is 45.9 Å². The Morgan fingerprint density at radius 1 is 1.12 bits per heavy atom. The lowest BCUT2D eigenvalue weighted by molar-refractivity contribution is 0.521. The highest BCUT2D eigenvalue weighted by Crippen LogP contribution is 2.25. The first-order valence-corrected chi connectivity index (χ1v) is 10.8. The summed E-state index contributed by atoms with van der Waals surface area (Å²) in [5.41, 5.74) is 1.86. The highest BCUT2D eigenvalue weighted by molar-refractivity contribution is 6.32. The fourth-order valence-electron chi connectivity index (χ4n) is 3.75. The lowest BCUT2D eigenvalue weighted by Gasteiger charge is -2.33. The minimum atomic E-state index is 0.211. The molecule has 0 unspecified atom stereocenters. The van der Waals surface area contributed by atoms with Crippen LogP contribution in [0.5, 0.6) is 0 Å². The van der Waals surface area contributed by atoms with Gasteiger partial charge in [-0.15, -0.1) is 20.4 Å². The van der Waals surface area contributed by atoms with Gasteiger partial charge >= 0.3 is 0 Å². The number of nitrogens with zero attached hydrogens (tertiary/aromatic N) is 9. The van der Waals surface area contributed by atoms with Crippen molar-refractivity contribution in [3.05, 3.63) is 53.2 Å². The van der Waals surface area contributed by atoms with Gasteiger partial charge in [-0.3, -0.25) is 4.40 Å². The molecule has 0 spiro atoms. The minimum Gasteiger partial charge on any atom is -0.366 e. The predicted molar refractivity (Wildman–Crippen MR) is 124 cm³/mol. The van der Waals surface area contributed by atoms with Crippen molar-refractivity contribution in [1.82, 2.24) is 34.8 Å². The number of halogens is 1. The van der Waals surface area contributed by atoms with Gasteiger partial charge in [-0.2, -0.15) is 10.2 Å². The summed E-state index contributed by atoms with van der Waals surface area (Å²) in [6, 6.07) is 9.51. The number of anilines is 4. The summed E-state index contributed by atoms with van der Waals surface area (Å²) in [5.74, 6) is 2.62. The second-order valence-corrected chi connectivity index (χ2v) is 8.11. The van der Waals surface area contributed by atoms with Gasteiger partial charge in [-0.25, -0.2) is 4.98 Å². The molecule has 0 saturated carbocycles. The first-order chi connectivity index (χ1) is 16.1. The Kier molecular flexibility index (Phi) is 5.58. The van der Waals surface area contributed by atoms with Gasteiger partial charge in [0.15, 0.2) is 23.0 Å². The monoisotopic (exact) mass is 461 g/mol. The number of pyridine rings is 1. The van der Waals surface area contributed by atoms with Gasteiger partial charge in [-0.05, 0) is 38.0 Å². The van der Waals surface area contributed by atoms with Gasteiger partial charge < -0.3 is 15.5 Å². The van der Waals surface area contributed by atoms with Crippen molar-refractivity contribution in [2.75, 3.05) is 28.6 Å². The standard InChI is InChI=1S/C21H20ClN11/c1-13-28-31-19-10-15(6-9-33(13)19)26-21-24-12-17(22)20(27-21)25-14-4-7-32(8-5-14)18-3-2-16(11-23)29-30-18/h2-3,6,9-10,12,14H,4-5,7-8H2,1H3,(H2,24,25,26,27). The van der Waals surface area contributed by atoms with Crippen molar-refractivity contribution < 1.29 is 0 Å². The normalized spacial score (nSPS) is 14.3. The molecule has 4 aromatic heterocycles. The van der Waals surface area contributed by atoms with E-state index >= 15 is 0 Å². The van der Waals surface area contributed by atoms with Crippen LogP contribution < -0.4 is 15.5 Å². The van der Waals surface area contributed by atoms with E-state index in [1.165, 1.54) is 0 Å². The maximum absolute atomic E-state index is 8.87. The van der Waals surface area contributed by atoms with E-state index in [0.717, 1.165) is 48.9 Å². The first-order valence-electron chi connectivity index (χ1n) is 10.5. The fraction of sp³-hybridized carbons (Fsp3) is 0.286. The topological polar surface area (TPSA) is 133 Å². The van der Waals surface area contributed by atoms with Crippen molar-refractivity contribution in [3.8, 4) is 6.07 Å². The molecule has 1 aliphatic rings. The van der Waals surface area contributed by atoms with E-state index in [4.69, 9.17) is 16.9 Å². The Hall–Kier alpha value is -4.04. The second kappa shape index (κ2) is 8.84. The van der Waals surface area contributed by atoms with Gasteiger partial charge in [0.25, 0.3) is 0 Å². The van der Waals surface area contributed by atoms with Crippen LogP contribution in [0.3, 0.4) is 0 Å². The second-order valence-electron chi connectivity index (χ2n) is 7.70. The SMILES string of the molecule is Cc1nnc2cc(Nc3ncc(Cl)c(NC4CCN(c5ccc(C#N)nn5)CC4)n3)ccn12. The highest BCUT2D eigenvalue weighted by atomic mass is 35.5. The molecule has 5 heterocycles. The van der Waals surface area contributed by atoms with Crippen LogP contribution in [0.4, 0.5) is 23.3 Å². The van der Waals surface area contributed by atoms with Crippen molar-refractivity contribution >= 4 is 40.5 Å². The zero-order valence-electron chi connectivity index (χ0n) is 17.8. The Morgan fingerprint density at radius 3 is 2.73 bits per heavy atom. The van der Waals surface area contributed by atoms with Crippen LogP contribution in [0.1, 0.15) is 24.4 Å². The molecular formula is C21H20ClN11. The third-order valence-electron chi connectivity index (χ3n) is 5.51. The molecule has 33 heavy (non-hydrogen) atoms. The molecule has 4 aromatic rings. The van der Waals surface area contributed by atoms with E-state index in [1.807, 2.05) is 41.8 Å². The lowest BCUT2D eigenvalue weighted by Crippen LogP contribution is -2.39. The molecule has 1 fully saturated rings. The molecule has 0 radical (unpaired) electrons. The maximum Gasteiger partial charge on any atom is 0.229 e. The zero-order valence-corrected chi connectivity index (χ0v) is 18.5. The van der Waals surface area contributed by atoms with Gasteiger partial charge in [-0.1, -0.05) is 11.6 Å². The average Bonchev–Trinajstić information content (AvgIpc) is 3.22. The van der Waals surface area contributed by atoms with Crippen LogP contribution in [0.15, 0.2) is 36.7 Å². The van der Waals surface area contributed by atoms with Crippen LogP contribution in [-0.2, 0) is 0 Å². The summed E-state index contributed by atoms with van der Waals surface area (Å²) in [4.78, 5) is 11.0. The Bertz CT molecular complexity index is 1320. The fourth-order valence-corrected chi connectivity index (χ4v) is 3.89. The van der Waals surface area contributed by atoms with Gasteiger partial charge in [0.05, 0.1) is 6.20 Å². The van der Waals surface area contributed by atoms with Crippen LogP contribution in [0.25, 0.3) is 5.65 Å². The molecule has 2 N–H and O–H groups in total. The zero-order chi connectivity index (χ0) is 22.8. The van der Waals surface area contributed by atoms with E-state index in [9.17, 15) is 0 Å². The Balaban J connectivity index is 1.23. The molecule has 0 bridgehead atoms. The number of rotatable bonds is 5. The van der Waals surface area contributed by atoms with Crippen molar-refractivity contribution in [3.63, 3.8) is 0 Å². The highest BCUT2D eigenvalue weighted by Gasteiger charge is 2.22. The van der Waals surface area contributed by atoms with Crippen molar-refractivity contribution in [2.24, 2.45) is 0 Å². The molecule has 1 saturated heterocycles. The molecule has 5 rings (SSSR count). The molecular weight excluding hydrogens is 442 g/mol. The molecule has 0 amide bonds. The van der Waals surface area contributed by atoms with E-state index in [-0.39, 0.29) is 6.04 Å². The predicted octanol–water partition coefficient (Wildman–Crippen LogP) is 2.97. The summed E-state index contributed by atoms with van der Waals surface area (Å²) in [5, 5.41) is 32.2. The third kappa shape index (κ3) is 4.47. The number of hydrogen-bond donors (Lipinski definition) is 2. The largest absolute Gasteiger partial charge is 0.366 e. The van der Waals surface area contributed by atoms with E-state index in [1.54, 1.807) is 12.3 Å². The molecule has 166 valence electrons. The van der Waals surface area contributed by atoms with E-state index in [0.29, 0.717) is 22.5 Å². The van der Waals surface area contributed by atoms with Gasteiger partial charge in [0, 0.05) is 37.1 Å². The van der Waals surface area contributed by atoms with E-state index < -0.39 is 0 Å². The third-order valence-corrected chi connectivity index (χ3v) is 5.78. The van der Waals surface area contributed by atoms with Crippen LogP contribution in [-0.4, -0.2) is 53.9 Å². The first kappa shape index (κ1) is 20.8. The van der Waals surface area contributed by atoms with Crippen LogP contribution in [0, 0.1) is 18.3 Å². The van der Waals surface area contributed by atoms with Crippen LogP contribution in [0.2, 0.25) is 5.02 Å². The molecule has 1 aliphatic heterocycles. The number of fused-ring (bicyclic) bond motifs is 1. The Labute approximate surface area is 194 Å². The number of hydrogen-bond acceptors (Lipinski definition) is 10. The quantitative estimate of drug-likeness (QED) is 0.456.